The number of carbonyl (C=O) groups is 2. The molecule has 11 nitrogen and oxygen atoms in total. The summed E-state index contributed by atoms with van der Waals surface area (Å²) in [7, 11) is 0. The molecule has 5 aromatic carbocycles. The third-order valence-corrected chi connectivity index (χ3v) is 9.47. The molecule has 1 unspecified atom stereocenters. The van der Waals surface area contributed by atoms with Crippen molar-refractivity contribution >= 4 is 67.5 Å². The van der Waals surface area contributed by atoms with Crippen molar-refractivity contribution in [2.45, 2.75) is 45.3 Å². The summed E-state index contributed by atoms with van der Waals surface area (Å²) in [5.74, 6) is -0.395. The Kier molecular flexibility index (Phi) is 9.72. The molecule has 0 aromatic heterocycles. The van der Waals surface area contributed by atoms with Gasteiger partial charge in [0, 0.05) is 71.6 Å². The molecule has 260 valence electrons. The molecule has 0 bridgehead atoms. The third-order valence-electron chi connectivity index (χ3n) is 9.47. The van der Waals surface area contributed by atoms with E-state index in [2.05, 4.69) is 44.7 Å². The Hall–Kier alpha value is -5.68. The molecule has 0 aliphatic carbocycles. The van der Waals surface area contributed by atoms with Crippen molar-refractivity contribution in [3.05, 3.63) is 97.1 Å². The highest BCUT2D eigenvalue weighted by Crippen LogP contribution is 2.43. The quantitative estimate of drug-likeness (QED) is 0.112. The lowest BCUT2D eigenvalue weighted by molar-refractivity contribution is -0.147. The average molecular weight is 683 g/mol. The Morgan fingerprint density at radius 2 is 1.25 bits per heavy atom. The highest BCUT2D eigenvalue weighted by molar-refractivity contribution is 6.10. The number of nitrogens with zero attached hydrogens (tertiary/aromatic N) is 6. The SMILES string of the molecule is CC(C)N1CCN(C(=O)CCC(=O)OCC2(C)Nc3cccc4c(N=Nc5ccc(N=Nc6ccccc6)c6ccccc56)ccc(c34)N2)CC1. The number of esters is 1. The fraction of sp³-hybridized carbons (Fsp3) is 0.300. The number of carbonyl (C=O) groups excluding carboxylic acids is 2. The van der Waals surface area contributed by atoms with E-state index in [1.165, 1.54) is 0 Å². The summed E-state index contributed by atoms with van der Waals surface area (Å²) < 4.78 is 5.69. The van der Waals surface area contributed by atoms with E-state index in [4.69, 9.17) is 9.85 Å². The Morgan fingerprint density at radius 3 is 1.92 bits per heavy atom. The van der Waals surface area contributed by atoms with Crippen LogP contribution < -0.4 is 10.6 Å². The van der Waals surface area contributed by atoms with E-state index in [9.17, 15) is 9.59 Å². The molecular weight excluding hydrogens is 640 g/mol. The van der Waals surface area contributed by atoms with E-state index < -0.39 is 11.6 Å². The zero-order valence-electron chi connectivity index (χ0n) is 29.2. The van der Waals surface area contributed by atoms with Crippen LogP contribution in [-0.2, 0) is 14.3 Å². The molecule has 1 saturated heterocycles. The van der Waals surface area contributed by atoms with Crippen molar-refractivity contribution in [2.75, 3.05) is 43.4 Å². The van der Waals surface area contributed by atoms with Crippen molar-refractivity contribution in [3.63, 3.8) is 0 Å². The van der Waals surface area contributed by atoms with Crippen molar-refractivity contribution in [1.82, 2.24) is 9.80 Å². The molecule has 0 saturated carbocycles. The smallest absolute Gasteiger partial charge is 0.306 e. The fourth-order valence-corrected chi connectivity index (χ4v) is 6.69. The highest BCUT2D eigenvalue weighted by Gasteiger charge is 2.32. The Labute approximate surface area is 297 Å². The summed E-state index contributed by atoms with van der Waals surface area (Å²) in [6.07, 6.45) is 0.201. The second-order valence-corrected chi connectivity index (χ2v) is 13.5. The molecule has 2 heterocycles. The number of amides is 1. The molecule has 1 amide bonds. The van der Waals surface area contributed by atoms with Gasteiger partial charge in [-0.2, -0.15) is 5.11 Å². The normalized spacial score (nSPS) is 17.7. The molecule has 51 heavy (non-hydrogen) atoms. The van der Waals surface area contributed by atoms with Crippen LogP contribution in [0.2, 0.25) is 0 Å². The second-order valence-electron chi connectivity index (χ2n) is 13.5. The lowest BCUT2D eigenvalue weighted by Crippen LogP contribution is -2.50. The van der Waals surface area contributed by atoms with Crippen molar-refractivity contribution in [2.24, 2.45) is 20.5 Å². The molecule has 11 heteroatoms. The maximum atomic E-state index is 12.7. The summed E-state index contributed by atoms with van der Waals surface area (Å²) in [5, 5.41) is 29.1. The van der Waals surface area contributed by atoms with E-state index in [0.717, 1.165) is 68.8 Å². The number of ether oxygens (including phenoxy) is 1. The molecule has 1 atom stereocenters. The van der Waals surface area contributed by atoms with E-state index in [1.54, 1.807) is 0 Å². The fourth-order valence-electron chi connectivity index (χ4n) is 6.69. The highest BCUT2D eigenvalue weighted by atomic mass is 16.5. The first-order chi connectivity index (χ1) is 24.8. The summed E-state index contributed by atoms with van der Waals surface area (Å²) in [4.78, 5) is 29.7. The number of anilines is 2. The topological polar surface area (TPSA) is 123 Å². The number of hydrogen-bond acceptors (Lipinski definition) is 10. The lowest BCUT2D eigenvalue weighted by Gasteiger charge is -2.38. The van der Waals surface area contributed by atoms with Gasteiger partial charge >= 0.3 is 5.97 Å². The van der Waals surface area contributed by atoms with Gasteiger partial charge in [0.25, 0.3) is 0 Å². The molecular formula is C40H42N8O3. The molecule has 2 aliphatic heterocycles. The largest absolute Gasteiger partial charge is 0.461 e. The van der Waals surface area contributed by atoms with Gasteiger partial charge in [0.15, 0.2) is 0 Å². The molecule has 2 aliphatic rings. The average Bonchev–Trinajstić information content (AvgIpc) is 3.15. The number of benzene rings is 5. The van der Waals surface area contributed by atoms with Gasteiger partial charge in [0.05, 0.1) is 29.2 Å². The number of rotatable bonds is 10. The minimum atomic E-state index is -0.754. The summed E-state index contributed by atoms with van der Waals surface area (Å²) in [5.41, 5.74) is 4.03. The van der Waals surface area contributed by atoms with Crippen LogP contribution in [0.25, 0.3) is 21.5 Å². The van der Waals surface area contributed by atoms with Crippen molar-refractivity contribution in [1.29, 1.82) is 0 Å². The zero-order chi connectivity index (χ0) is 35.4. The van der Waals surface area contributed by atoms with Crippen LogP contribution in [0.3, 0.4) is 0 Å². The van der Waals surface area contributed by atoms with Crippen LogP contribution in [0, 0.1) is 0 Å². The van der Waals surface area contributed by atoms with Crippen LogP contribution in [0.1, 0.15) is 33.6 Å². The van der Waals surface area contributed by atoms with E-state index in [-0.39, 0.29) is 25.4 Å². The summed E-state index contributed by atoms with van der Waals surface area (Å²) in [6.45, 7) is 9.46. The van der Waals surface area contributed by atoms with Crippen LogP contribution in [0.15, 0.2) is 118 Å². The van der Waals surface area contributed by atoms with Crippen LogP contribution >= 0.6 is 0 Å². The number of hydrogen-bond donors (Lipinski definition) is 2. The number of nitrogens with one attached hydrogen (secondary N) is 2. The van der Waals surface area contributed by atoms with Gasteiger partial charge < -0.3 is 20.3 Å². The first-order valence-electron chi connectivity index (χ1n) is 17.5. The van der Waals surface area contributed by atoms with Crippen molar-refractivity contribution < 1.29 is 14.3 Å². The third kappa shape index (κ3) is 7.58. The first-order valence-corrected chi connectivity index (χ1v) is 17.5. The minimum absolute atomic E-state index is 0.000424. The Morgan fingerprint density at radius 1 is 0.686 bits per heavy atom. The predicted molar refractivity (Wildman–Crippen MR) is 202 cm³/mol. The van der Waals surface area contributed by atoms with Crippen LogP contribution in [0.4, 0.5) is 34.1 Å². The van der Waals surface area contributed by atoms with Gasteiger partial charge in [-0.1, -0.05) is 54.6 Å². The molecule has 0 spiro atoms. The van der Waals surface area contributed by atoms with Gasteiger partial charge in [0.1, 0.15) is 12.3 Å². The number of fused-ring (bicyclic) bond motifs is 1. The Balaban J connectivity index is 1.01. The summed E-state index contributed by atoms with van der Waals surface area (Å²) in [6, 6.07) is 31.8. The van der Waals surface area contributed by atoms with Crippen molar-refractivity contribution in [3.8, 4) is 0 Å². The monoisotopic (exact) mass is 682 g/mol. The van der Waals surface area contributed by atoms with E-state index in [0.29, 0.717) is 19.1 Å². The van der Waals surface area contributed by atoms with Gasteiger partial charge in [-0.25, -0.2) is 0 Å². The zero-order valence-corrected chi connectivity index (χ0v) is 29.2. The lowest BCUT2D eigenvalue weighted by atomic mass is 9.99. The number of azo groups is 2. The second kappa shape index (κ2) is 14.7. The van der Waals surface area contributed by atoms with Crippen LogP contribution in [-0.4, -0.2) is 66.2 Å². The maximum absolute atomic E-state index is 12.7. The number of piperazine rings is 1. The van der Waals surface area contributed by atoms with Crippen LogP contribution in [0.5, 0.6) is 0 Å². The molecule has 2 N–H and O–H groups in total. The minimum Gasteiger partial charge on any atom is -0.461 e. The maximum Gasteiger partial charge on any atom is 0.306 e. The standard InChI is InChI=1S/C40H42N8O3/c1-27(2)47-22-24-48(25-23-47)37(49)20-21-38(50)51-26-40(3)41-35-15-9-14-31-34(18-19-36(42-40)39(31)35)46-45-33-17-16-32(29-12-7-8-13-30(29)33)44-43-28-10-5-4-6-11-28/h4-19,27,41-42H,20-26H2,1-3H3. The Bertz CT molecular complexity index is 2110. The summed E-state index contributed by atoms with van der Waals surface area (Å²) >= 11 is 0. The van der Waals surface area contributed by atoms with E-state index in [1.807, 2.05) is 109 Å². The molecule has 0 radical (unpaired) electrons. The van der Waals surface area contributed by atoms with E-state index >= 15 is 0 Å². The predicted octanol–water partition coefficient (Wildman–Crippen LogP) is 9.25. The van der Waals surface area contributed by atoms with Gasteiger partial charge in [-0.3, -0.25) is 14.5 Å². The molecule has 7 rings (SSSR count). The molecule has 5 aromatic rings. The first kappa shape index (κ1) is 33.8. The van der Waals surface area contributed by atoms with Gasteiger partial charge in [-0.05, 0) is 63.2 Å². The molecule has 1 fully saturated rings. The van der Waals surface area contributed by atoms with Gasteiger partial charge in [-0.15, -0.1) is 15.3 Å². The van der Waals surface area contributed by atoms with Gasteiger partial charge in [0.2, 0.25) is 5.91 Å².